The van der Waals surface area contributed by atoms with Gasteiger partial charge in [-0.1, -0.05) is 18.2 Å². The molecule has 1 saturated heterocycles. The molecule has 0 bridgehead atoms. The maximum absolute atomic E-state index is 13.7. The van der Waals surface area contributed by atoms with Crippen LogP contribution in [0.4, 0.5) is 4.39 Å². The SMILES string of the molecule is O=C(NCC1CCN(Cc2ccccc2F)C1)c1ccc(=O)[nH]c1. The highest BCUT2D eigenvalue weighted by atomic mass is 19.1. The van der Waals surface area contributed by atoms with Gasteiger partial charge in [-0.15, -0.1) is 0 Å². The Kier molecular flexibility index (Phi) is 5.05. The van der Waals surface area contributed by atoms with E-state index >= 15 is 0 Å². The molecule has 1 aromatic carbocycles. The average Bonchev–Trinajstić information content (AvgIpc) is 3.03. The molecule has 2 heterocycles. The number of pyridine rings is 1. The number of nitrogens with zero attached hydrogens (tertiary/aromatic N) is 1. The molecule has 1 aliphatic rings. The zero-order valence-electron chi connectivity index (χ0n) is 13.3. The summed E-state index contributed by atoms with van der Waals surface area (Å²) in [6.45, 7) is 2.90. The van der Waals surface area contributed by atoms with Crippen molar-refractivity contribution in [2.24, 2.45) is 5.92 Å². The van der Waals surface area contributed by atoms with Crippen molar-refractivity contribution in [1.82, 2.24) is 15.2 Å². The third-order valence-electron chi connectivity index (χ3n) is 4.32. The number of likely N-dealkylation sites (tertiary alicyclic amines) is 1. The Labute approximate surface area is 139 Å². The molecule has 0 saturated carbocycles. The molecule has 5 nitrogen and oxygen atoms in total. The third-order valence-corrected chi connectivity index (χ3v) is 4.32. The highest BCUT2D eigenvalue weighted by Gasteiger charge is 2.23. The Balaban J connectivity index is 1.48. The number of rotatable bonds is 5. The average molecular weight is 329 g/mol. The van der Waals surface area contributed by atoms with E-state index in [9.17, 15) is 14.0 Å². The maximum Gasteiger partial charge on any atom is 0.252 e. The van der Waals surface area contributed by atoms with E-state index in [0.717, 1.165) is 19.5 Å². The first kappa shape index (κ1) is 16.4. The Morgan fingerprint density at radius 3 is 2.88 bits per heavy atom. The van der Waals surface area contributed by atoms with Gasteiger partial charge in [0.05, 0.1) is 5.56 Å². The smallest absolute Gasteiger partial charge is 0.252 e. The molecular formula is C18H20FN3O2. The van der Waals surface area contributed by atoms with E-state index < -0.39 is 0 Å². The summed E-state index contributed by atoms with van der Waals surface area (Å²) in [7, 11) is 0. The van der Waals surface area contributed by atoms with Crippen LogP contribution >= 0.6 is 0 Å². The topological polar surface area (TPSA) is 65.2 Å². The normalized spacial score (nSPS) is 17.8. The second-order valence-electron chi connectivity index (χ2n) is 6.13. The number of nitrogens with one attached hydrogen (secondary N) is 2. The lowest BCUT2D eigenvalue weighted by molar-refractivity contribution is 0.0947. The number of H-pyrrole nitrogens is 1. The number of hydrogen-bond donors (Lipinski definition) is 2. The van der Waals surface area contributed by atoms with Gasteiger partial charge in [0, 0.05) is 37.5 Å². The summed E-state index contributed by atoms with van der Waals surface area (Å²) in [6.07, 6.45) is 2.39. The molecule has 1 aliphatic heterocycles. The number of halogens is 1. The summed E-state index contributed by atoms with van der Waals surface area (Å²) in [5.74, 6) is -0.0189. The lowest BCUT2D eigenvalue weighted by Crippen LogP contribution is -2.31. The molecular weight excluding hydrogens is 309 g/mol. The second-order valence-corrected chi connectivity index (χ2v) is 6.13. The predicted molar refractivity (Wildman–Crippen MR) is 89.2 cm³/mol. The molecule has 1 atom stereocenters. The number of aromatic nitrogens is 1. The van der Waals surface area contributed by atoms with Gasteiger partial charge in [-0.25, -0.2) is 4.39 Å². The Morgan fingerprint density at radius 1 is 1.29 bits per heavy atom. The zero-order chi connectivity index (χ0) is 16.9. The molecule has 2 aromatic rings. The summed E-state index contributed by atoms with van der Waals surface area (Å²) < 4.78 is 13.7. The van der Waals surface area contributed by atoms with Crippen LogP contribution in [0.25, 0.3) is 0 Å². The fourth-order valence-electron chi connectivity index (χ4n) is 2.98. The fourth-order valence-corrected chi connectivity index (χ4v) is 2.98. The molecule has 1 aromatic heterocycles. The van der Waals surface area contributed by atoms with Gasteiger partial charge in [0.15, 0.2) is 0 Å². The van der Waals surface area contributed by atoms with Gasteiger partial charge in [0.1, 0.15) is 5.82 Å². The number of amides is 1. The van der Waals surface area contributed by atoms with Crippen molar-refractivity contribution in [2.75, 3.05) is 19.6 Å². The molecule has 0 spiro atoms. The van der Waals surface area contributed by atoms with Gasteiger partial charge in [-0.2, -0.15) is 0 Å². The van der Waals surface area contributed by atoms with Crippen molar-refractivity contribution in [1.29, 1.82) is 0 Å². The second kappa shape index (κ2) is 7.40. The van der Waals surface area contributed by atoms with Crippen LogP contribution in [-0.2, 0) is 6.54 Å². The molecule has 1 fully saturated rings. The summed E-state index contributed by atoms with van der Waals surface area (Å²) in [5.41, 5.74) is 0.914. The minimum atomic E-state index is -0.230. The predicted octanol–water partition coefficient (Wildman–Crippen LogP) is 1.77. The van der Waals surface area contributed by atoms with Crippen LogP contribution in [0.3, 0.4) is 0 Å². The molecule has 126 valence electrons. The largest absolute Gasteiger partial charge is 0.352 e. The van der Waals surface area contributed by atoms with Crippen molar-refractivity contribution in [3.05, 3.63) is 69.9 Å². The summed E-state index contributed by atoms with van der Waals surface area (Å²) in [6, 6.07) is 9.66. The first-order valence-electron chi connectivity index (χ1n) is 8.04. The Hall–Kier alpha value is -2.47. The highest BCUT2D eigenvalue weighted by molar-refractivity contribution is 5.93. The number of carbonyl (C=O) groups is 1. The lowest BCUT2D eigenvalue weighted by atomic mass is 10.1. The van der Waals surface area contributed by atoms with E-state index in [1.807, 2.05) is 6.07 Å². The summed E-state index contributed by atoms with van der Waals surface area (Å²) in [5, 5.41) is 2.89. The van der Waals surface area contributed by atoms with E-state index in [1.165, 1.54) is 24.4 Å². The van der Waals surface area contributed by atoms with E-state index in [1.54, 1.807) is 12.1 Å². The maximum atomic E-state index is 13.7. The van der Waals surface area contributed by atoms with E-state index in [2.05, 4.69) is 15.2 Å². The zero-order valence-corrected chi connectivity index (χ0v) is 13.3. The lowest BCUT2D eigenvalue weighted by Gasteiger charge is -2.16. The molecule has 6 heteroatoms. The Morgan fingerprint density at radius 2 is 2.12 bits per heavy atom. The van der Waals surface area contributed by atoms with Crippen LogP contribution in [0.5, 0.6) is 0 Å². The van der Waals surface area contributed by atoms with Gasteiger partial charge in [-0.3, -0.25) is 14.5 Å². The van der Waals surface area contributed by atoms with E-state index in [-0.39, 0.29) is 17.3 Å². The van der Waals surface area contributed by atoms with Crippen molar-refractivity contribution < 1.29 is 9.18 Å². The van der Waals surface area contributed by atoms with Crippen LogP contribution < -0.4 is 10.9 Å². The van der Waals surface area contributed by atoms with Crippen molar-refractivity contribution in [3.63, 3.8) is 0 Å². The molecule has 2 N–H and O–H groups in total. The summed E-state index contributed by atoms with van der Waals surface area (Å²) >= 11 is 0. The van der Waals surface area contributed by atoms with Gasteiger partial charge in [0.2, 0.25) is 5.56 Å². The molecule has 0 radical (unpaired) electrons. The van der Waals surface area contributed by atoms with Gasteiger partial charge < -0.3 is 10.3 Å². The van der Waals surface area contributed by atoms with Crippen molar-refractivity contribution >= 4 is 5.91 Å². The van der Waals surface area contributed by atoms with Crippen LogP contribution in [-0.4, -0.2) is 35.4 Å². The fraction of sp³-hybridized carbons (Fsp3) is 0.333. The van der Waals surface area contributed by atoms with Crippen LogP contribution in [0.15, 0.2) is 47.4 Å². The van der Waals surface area contributed by atoms with E-state index in [0.29, 0.717) is 30.1 Å². The van der Waals surface area contributed by atoms with E-state index in [4.69, 9.17) is 0 Å². The number of hydrogen-bond acceptors (Lipinski definition) is 3. The van der Waals surface area contributed by atoms with Gasteiger partial charge >= 0.3 is 0 Å². The third kappa shape index (κ3) is 4.08. The van der Waals surface area contributed by atoms with Crippen molar-refractivity contribution in [3.8, 4) is 0 Å². The summed E-state index contributed by atoms with van der Waals surface area (Å²) in [4.78, 5) is 27.7. The van der Waals surface area contributed by atoms with Crippen LogP contribution in [0, 0.1) is 11.7 Å². The molecule has 24 heavy (non-hydrogen) atoms. The van der Waals surface area contributed by atoms with Gasteiger partial charge in [-0.05, 0) is 31.0 Å². The van der Waals surface area contributed by atoms with Crippen LogP contribution in [0.1, 0.15) is 22.3 Å². The Bertz CT molecular complexity index is 754. The number of benzene rings is 1. The monoisotopic (exact) mass is 329 g/mol. The standard InChI is InChI=1S/C18H20FN3O2/c19-16-4-2-1-3-15(16)12-22-8-7-13(11-22)9-21-18(24)14-5-6-17(23)20-10-14/h1-6,10,13H,7-9,11-12H2,(H,20,23)(H,21,24). The number of aromatic amines is 1. The molecule has 1 amide bonds. The highest BCUT2D eigenvalue weighted by Crippen LogP contribution is 2.19. The quantitative estimate of drug-likeness (QED) is 0.879. The number of carbonyl (C=O) groups excluding carboxylic acids is 1. The van der Waals surface area contributed by atoms with Crippen LogP contribution in [0.2, 0.25) is 0 Å². The first-order chi connectivity index (χ1) is 11.6. The molecule has 1 unspecified atom stereocenters. The van der Waals surface area contributed by atoms with Gasteiger partial charge in [0.25, 0.3) is 5.91 Å². The minimum absolute atomic E-state index is 0.174. The minimum Gasteiger partial charge on any atom is -0.352 e. The molecule has 3 rings (SSSR count). The van der Waals surface area contributed by atoms with Crippen molar-refractivity contribution in [2.45, 2.75) is 13.0 Å². The molecule has 0 aliphatic carbocycles. The first-order valence-corrected chi connectivity index (χ1v) is 8.04.